The van der Waals surface area contributed by atoms with E-state index in [1.54, 1.807) is 0 Å². The van der Waals surface area contributed by atoms with E-state index >= 15 is 0 Å². The first-order valence-corrected chi connectivity index (χ1v) is 10.0. The zero-order valence-electron chi connectivity index (χ0n) is 15.7. The third kappa shape index (κ3) is 3.66. The molecule has 1 spiro atoms. The molecule has 26 heavy (non-hydrogen) atoms. The molecule has 0 aromatic heterocycles. The number of nitrogens with zero attached hydrogens (tertiary/aromatic N) is 2. The summed E-state index contributed by atoms with van der Waals surface area (Å²) >= 11 is 0. The average Bonchev–Trinajstić information content (AvgIpc) is 3.05. The van der Waals surface area contributed by atoms with Crippen LogP contribution in [0.5, 0.6) is 0 Å². The van der Waals surface area contributed by atoms with E-state index in [2.05, 4.69) is 40.1 Å². The van der Waals surface area contributed by atoms with Gasteiger partial charge in [0, 0.05) is 44.8 Å². The summed E-state index contributed by atoms with van der Waals surface area (Å²) in [5, 5.41) is 0. The van der Waals surface area contributed by atoms with Crippen LogP contribution in [0.15, 0.2) is 30.3 Å². The summed E-state index contributed by atoms with van der Waals surface area (Å²) in [7, 11) is 0. The number of carbonyl (C=O) groups excluding carboxylic acids is 1. The van der Waals surface area contributed by atoms with Crippen molar-refractivity contribution in [3.8, 4) is 0 Å². The summed E-state index contributed by atoms with van der Waals surface area (Å²) in [5.74, 6) is 0.151. The lowest BCUT2D eigenvalue weighted by Gasteiger charge is -2.41. The van der Waals surface area contributed by atoms with Crippen molar-refractivity contribution in [1.29, 1.82) is 0 Å². The second kappa shape index (κ2) is 7.29. The molecule has 3 saturated heterocycles. The van der Waals surface area contributed by atoms with Gasteiger partial charge in [-0.1, -0.05) is 30.3 Å². The molecule has 1 aromatic rings. The number of carbonyl (C=O) groups is 1. The molecular weight excluding hydrogens is 326 g/mol. The molecule has 3 aliphatic heterocycles. The predicted octanol–water partition coefficient (Wildman–Crippen LogP) is 2.01. The van der Waals surface area contributed by atoms with Gasteiger partial charge >= 0.3 is 0 Å². The minimum Gasteiger partial charge on any atom is -0.381 e. The lowest BCUT2D eigenvalue weighted by Crippen LogP contribution is -2.58. The number of hydrogen-bond acceptors (Lipinski definition) is 4. The first-order chi connectivity index (χ1) is 12.6. The number of amides is 1. The lowest BCUT2D eigenvalue weighted by molar-refractivity contribution is -0.140. The van der Waals surface area contributed by atoms with Crippen molar-refractivity contribution in [1.82, 2.24) is 9.80 Å². The summed E-state index contributed by atoms with van der Waals surface area (Å²) in [6.07, 6.45) is 4.85. The molecule has 4 rings (SSSR count). The van der Waals surface area contributed by atoms with Crippen LogP contribution in [0.1, 0.15) is 37.7 Å². The van der Waals surface area contributed by atoms with Gasteiger partial charge in [0.2, 0.25) is 5.91 Å². The van der Waals surface area contributed by atoms with Gasteiger partial charge in [-0.2, -0.15) is 0 Å². The van der Waals surface area contributed by atoms with Crippen LogP contribution in [0.4, 0.5) is 0 Å². The largest absolute Gasteiger partial charge is 0.381 e. The van der Waals surface area contributed by atoms with Crippen LogP contribution >= 0.6 is 0 Å². The zero-order valence-corrected chi connectivity index (χ0v) is 15.7. The Labute approximate surface area is 156 Å². The van der Waals surface area contributed by atoms with Gasteiger partial charge in [-0.15, -0.1) is 0 Å². The molecule has 2 N–H and O–H groups in total. The molecule has 1 aromatic carbocycles. The number of hydrogen-bond donors (Lipinski definition) is 1. The molecule has 1 atom stereocenters. The Bertz CT molecular complexity index is 629. The van der Waals surface area contributed by atoms with Gasteiger partial charge in [-0.25, -0.2) is 0 Å². The first-order valence-electron chi connectivity index (χ1n) is 10.0. The Morgan fingerprint density at radius 3 is 2.58 bits per heavy atom. The minimum atomic E-state index is -0.706. The number of rotatable bonds is 3. The van der Waals surface area contributed by atoms with Crippen molar-refractivity contribution in [2.75, 3.05) is 39.4 Å². The van der Waals surface area contributed by atoms with E-state index in [9.17, 15) is 4.79 Å². The Hall–Kier alpha value is -1.43. The van der Waals surface area contributed by atoms with E-state index in [0.717, 1.165) is 39.1 Å². The van der Waals surface area contributed by atoms with Crippen molar-refractivity contribution in [2.24, 2.45) is 11.1 Å². The average molecular weight is 357 g/mol. The minimum absolute atomic E-state index is 0.151. The standard InChI is InChI=1S/C21H31N3O2/c22-21(9-13-26-14-10-21)19(25)24-12-8-20(17-24)7-4-11-23(16-20)15-18-5-2-1-3-6-18/h1-3,5-6H,4,7-17,22H2. The summed E-state index contributed by atoms with van der Waals surface area (Å²) in [5.41, 5.74) is 7.37. The van der Waals surface area contributed by atoms with E-state index in [1.807, 2.05) is 0 Å². The van der Waals surface area contributed by atoms with Crippen molar-refractivity contribution in [2.45, 2.75) is 44.2 Å². The number of piperidine rings is 1. The van der Waals surface area contributed by atoms with Crippen LogP contribution in [0.2, 0.25) is 0 Å². The number of likely N-dealkylation sites (tertiary alicyclic amines) is 2. The van der Waals surface area contributed by atoms with Gasteiger partial charge < -0.3 is 15.4 Å². The fraction of sp³-hybridized carbons (Fsp3) is 0.667. The summed E-state index contributed by atoms with van der Waals surface area (Å²) in [6, 6.07) is 10.7. The van der Waals surface area contributed by atoms with Crippen molar-refractivity contribution < 1.29 is 9.53 Å². The van der Waals surface area contributed by atoms with Gasteiger partial charge in [-0.05, 0) is 44.2 Å². The Balaban J connectivity index is 1.39. The summed E-state index contributed by atoms with van der Waals surface area (Å²) in [6.45, 7) is 6.19. The van der Waals surface area contributed by atoms with Crippen LogP contribution in [0, 0.1) is 5.41 Å². The molecule has 142 valence electrons. The van der Waals surface area contributed by atoms with Crippen molar-refractivity contribution >= 4 is 5.91 Å². The fourth-order valence-electron chi connectivity index (χ4n) is 4.99. The second-order valence-electron chi connectivity index (χ2n) is 8.55. The van der Waals surface area contributed by atoms with Gasteiger partial charge in [-0.3, -0.25) is 9.69 Å². The molecule has 3 fully saturated rings. The molecule has 0 saturated carbocycles. The third-order valence-corrected chi connectivity index (χ3v) is 6.53. The fourth-order valence-corrected chi connectivity index (χ4v) is 4.99. The van der Waals surface area contributed by atoms with Crippen LogP contribution in [0.3, 0.4) is 0 Å². The molecule has 0 radical (unpaired) electrons. The molecule has 5 heteroatoms. The van der Waals surface area contributed by atoms with Crippen LogP contribution < -0.4 is 5.73 Å². The quantitative estimate of drug-likeness (QED) is 0.899. The maximum absolute atomic E-state index is 13.1. The lowest BCUT2D eigenvalue weighted by atomic mass is 9.79. The normalized spacial score (nSPS) is 29.2. The van der Waals surface area contributed by atoms with Crippen LogP contribution in [-0.4, -0.2) is 60.6 Å². The first kappa shape index (κ1) is 18.0. The number of benzene rings is 1. The van der Waals surface area contributed by atoms with E-state index in [1.165, 1.54) is 18.4 Å². The molecular formula is C21H31N3O2. The second-order valence-corrected chi connectivity index (χ2v) is 8.55. The molecule has 0 aliphatic carbocycles. The van der Waals surface area contributed by atoms with E-state index in [-0.39, 0.29) is 11.3 Å². The highest BCUT2D eigenvalue weighted by atomic mass is 16.5. The summed E-state index contributed by atoms with van der Waals surface area (Å²) in [4.78, 5) is 17.7. The van der Waals surface area contributed by atoms with Crippen LogP contribution in [0.25, 0.3) is 0 Å². The maximum Gasteiger partial charge on any atom is 0.242 e. The van der Waals surface area contributed by atoms with Gasteiger partial charge in [0.25, 0.3) is 0 Å². The monoisotopic (exact) mass is 357 g/mol. The van der Waals surface area contributed by atoms with Crippen molar-refractivity contribution in [3.05, 3.63) is 35.9 Å². The van der Waals surface area contributed by atoms with E-state index in [0.29, 0.717) is 26.1 Å². The summed E-state index contributed by atoms with van der Waals surface area (Å²) < 4.78 is 5.40. The van der Waals surface area contributed by atoms with Gasteiger partial charge in [0.05, 0.1) is 5.54 Å². The number of nitrogens with two attached hydrogens (primary N) is 1. The zero-order chi connectivity index (χ0) is 18.0. The van der Waals surface area contributed by atoms with Crippen molar-refractivity contribution in [3.63, 3.8) is 0 Å². The SMILES string of the molecule is NC1(C(=O)N2CCC3(CCCN(Cc4ccccc4)C3)C2)CCOCC1. The highest BCUT2D eigenvalue weighted by Crippen LogP contribution is 2.40. The number of ether oxygens (including phenoxy) is 1. The molecule has 1 unspecified atom stereocenters. The molecule has 0 bridgehead atoms. The Kier molecular flexibility index (Phi) is 5.04. The smallest absolute Gasteiger partial charge is 0.242 e. The molecule has 5 nitrogen and oxygen atoms in total. The van der Waals surface area contributed by atoms with Gasteiger partial charge in [0.1, 0.15) is 0 Å². The molecule has 3 heterocycles. The molecule has 3 aliphatic rings. The predicted molar refractivity (Wildman–Crippen MR) is 102 cm³/mol. The maximum atomic E-state index is 13.1. The Morgan fingerprint density at radius 1 is 1.04 bits per heavy atom. The Morgan fingerprint density at radius 2 is 1.81 bits per heavy atom. The van der Waals surface area contributed by atoms with Gasteiger partial charge in [0.15, 0.2) is 0 Å². The van der Waals surface area contributed by atoms with E-state index < -0.39 is 5.54 Å². The topological polar surface area (TPSA) is 58.8 Å². The highest BCUT2D eigenvalue weighted by Gasteiger charge is 2.47. The third-order valence-electron chi connectivity index (χ3n) is 6.53. The van der Waals surface area contributed by atoms with E-state index in [4.69, 9.17) is 10.5 Å². The van der Waals surface area contributed by atoms with Crippen LogP contribution in [-0.2, 0) is 16.1 Å². The highest BCUT2D eigenvalue weighted by molar-refractivity contribution is 5.86. The molecule has 1 amide bonds.